The molecule has 6 heteroatoms. The van der Waals surface area contributed by atoms with Crippen LogP contribution in [0.1, 0.15) is 11.1 Å². The lowest BCUT2D eigenvalue weighted by Crippen LogP contribution is -2.50. The number of aromatic nitrogens is 2. The van der Waals surface area contributed by atoms with Gasteiger partial charge in [0.25, 0.3) is 0 Å². The molecular weight excluding hydrogens is 302 g/mol. The molecule has 1 aromatic carbocycles. The molecule has 1 aliphatic heterocycles. The van der Waals surface area contributed by atoms with E-state index in [2.05, 4.69) is 46.2 Å². The molecule has 1 N–H and O–H groups in total. The number of amides is 1. The maximum Gasteiger partial charge on any atom is 0.241 e. The molecule has 1 fully saturated rings. The molecule has 3 rings (SSSR count). The van der Waals surface area contributed by atoms with Crippen LogP contribution >= 0.6 is 0 Å². The van der Waals surface area contributed by atoms with Crippen molar-refractivity contribution in [3.05, 3.63) is 47.8 Å². The number of rotatable bonds is 4. The normalized spacial score (nSPS) is 14.6. The van der Waals surface area contributed by atoms with E-state index in [1.54, 1.807) is 12.4 Å². The molecule has 2 heterocycles. The lowest BCUT2D eigenvalue weighted by atomic mass is 10.1. The van der Waals surface area contributed by atoms with E-state index in [0.717, 1.165) is 30.3 Å². The fourth-order valence-corrected chi connectivity index (χ4v) is 2.90. The molecule has 0 unspecified atom stereocenters. The molecule has 126 valence electrons. The van der Waals surface area contributed by atoms with Gasteiger partial charge in [0.15, 0.2) is 0 Å². The summed E-state index contributed by atoms with van der Waals surface area (Å²) < 4.78 is 0. The molecule has 0 bridgehead atoms. The summed E-state index contributed by atoms with van der Waals surface area (Å²) in [6.07, 6.45) is 3.49. The van der Waals surface area contributed by atoms with Crippen LogP contribution in [0, 0.1) is 13.8 Å². The first-order chi connectivity index (χ1) is 11.6. The van der Waals surface area contributed by atoms with Crippen molar-refractivity contribution in [3.8, 4) is 0 Å². The van der Waals surface area contributed by atoms with Gasteiger partial charge < -0.3 is 15.1 Å². The van der Waals surface area contributed by atoms with Gasteiger partial charge in [0, 0.05) is 44.3 Å². The predicted octanol–water partition coefficient (Wildman–Crippen LogP) is 1.85. The molecule has 0 spiro atoms. The lowest BCUT2D eigenvalue weighted by Gasteiger charge is -2.34. The summed E-state index contributed by atoms with van der Waals surface area (Å²) >= 11 is 0. The van der Waals surface area contributed by atoms with E-state index >= 15 is 0 Å². The van der Waals surface area contributed by atoms with Crippen LogP contribution in [0.15, 0.2) is 36.7 Å². The molecule has 0 saturated carbocycles. The van der Waals surface area contributed by atoms with Gasteiger partial charge in [-0.2, -0.15) is 0 Å². The third kappa shape index (κ3) is 3.82. The highest BCUT2D eigenvalue weighted by molar-refractivity contribution is 5.81. The third-order valence-electron chi connectivity index (χ3n) is 4.28. The van der Waals surface area contributed by atoms with Crippen LogP contribution in [0.5, 0.6) is 0 Å². The number of piperazine rings is 1. The molecule has 2 aromatic rings. The first-order valence-corrected chi connectivity index (χ1v) is 8.24. The summed E-state index contributed by atoms with van der Waals surface area (Å²) in [6, 6.07) is 8.01. The molecule has 0 aliphatic carbocycles. The van der Waals surface area contributed by atoms with E-state index in [0.29, 0.717) is 19.6 Å². The molecule has 1 saturated heterocycles. The fourth-order valence-electron chi connectivity index (χ4n) is 2.90. The van der Waals surface area contributed by atoms with Crippen molar-refractivity contribution >= 4 is 17.5 Å². The second-order valence-electron chi connectivity index (χ2n) is 6.09. The number of benzene rings is 1. The summed E-state index contributed by atoms with van der Waals surface area (Å²) in [5.74, 6) is 0.863. The van der Waals surface area contributed by atoms with Gasteiger partial charge in [-0.05, 0) is 31.5 Å². The van der Waals surface area contributed by atoms with Crippen molar-refractivity contribution in [1.82, 2.24) is 14.9 Å². The monoisotopic (exact) mass is 325 g/mol. The van der Waals surface area contributed by atoms with Gasteiger partial charge >= 0.3 is 0 Å². The molecule has 6 nitrogen and oxygen atoms in total. The van der Waals surface area contributed by atoms with E-state index in [-0.39, 0.29) is 5.91 Å². The third-order valence-corrected chi connectivity index (χ3v) is 4.28. The molecular formula is C18H23N5O. The smallest absolute Gasteiger partial charge is 0.241 e. The topological polar surface area (TPSA) is 61.4 Å². The van der Waals surface area contributed by atoms with Crippen molar-refractivity contribution in [2.24, 2.45) is 0 Å². The Balaban J connectivity index is 1.50. The zero-order chi connectivity index (χ0) is 16.9. The molecule has 24 heavy (non-hydrogen) atoms. The van der Waals surface area contributed by atoms with Gasteiger partial charge in [-0.3, -0.25) is 4.79 Å². The summed E-state index contributed by atoms with van der Waals surface area (Å²) in [7, 11) is 0. The van der Waals surface area contributed by atoms with Gasteiger partial charge in [-0.25, -0.2) is 9.97 Å². The maximum absolute atomic E-state index is 12.4. The van der Waals surface area contributed by atoms with Gasteiger partial charge in [0.1, 0.15) is 0 Å². The number of hydrogen-bond acceptors (Lipinski definition) is 5. The van der Waals surface area contributed by atoms with E-state index in [1.807, 2.05) is 17.0 Å². The van der Waals surface area contributed by atoms with Crippen LogP contribution in [0.4, 0.5) is 11.6 Å². The first-order valence-electron chi connectivity index (χ1n) is 8.24. The molecule has 1 aliphatic rings. The molecule has 0 radical (unpaired) electrons. The highest BCUT2D eigenvalue weighted by Crippen LogP contribution is 2.16. The minimum atomic E-state index is 0.128. The predicted molar refractivity (Wildman–Crippen MR) is 95.2 cm³/mol. The Hall–Kier alpha value is -2.63. The van der Waals surface area contributed by atoms with Gasteiger partial charge in [0.05, 0.1) is 6.54 Å². The Kier molecular flexibility index (Phi) is 4.93. The SMILES string of the molecule is Cc1ccc(NCC(=O)N2CCN(c3ncccn3)CC2)c(C)c1. The van der Waals surface area contributed by atoms with Crippen LogP contribution in [0.2, 0.25) is 0 Å². The number of aryl methyl sites for hydroxylation is 2. The summed E-state index contributed by atoms with van der Waals surface area (Å²) in [5.41, 5.74) is 3.41. The van der Waals surface area contributed by atoms with E-state index in [9.17, 15) is 4.79 Å². The standard InChI is InChI=1S/C18H23N5O/c1-14-4-5-16(15(2)12-14)21-13-17(24)22-8-10-23(11-9-22)18-19-6-3-7-20-18/h3-7,12,21H,8-11,13H2,1-2H3. The number of carbonyl (C=O) groups excluding carboxylic acids is 1. The fraction of sp³-hybridized carbons (Fsp3) is 0.389. The average molecular weight is 325 g/mol. The summed E-state index contributed by atoms with van der Waals surface area (Å²) in [6.45, 7) is 7.37. The molecule has 1 amide bonds. The highest BCUT2D eigenvalue weighted by Gasteiger charge is 2.22. The van der Waals surface area contributed by atoms with Crippen LogP contribution in [-0.4, -0.2) is 53.5 Å². The Bertz CT molecular complexity index is 696. The minimum Gasteiger partial charge on any atom is -0.376 e. The summed E-state index contributed by atoms with van der Waals surface area (Å²) in [4.78, 5) is 24.9. The Morgan fingerprint density at radius 2 is 1.83 bits per heavy atom. The largest absolute Gasteiger partial charge is 0.376 e. The van der Waals surface area contributed by atoms with Crippen molar-refractivity contribution in [3.63, 3.8) is 0 Å². The van der Waals surface area contributed by atoms with E-state index < -0.39 is 0 Å². The number of anilines is 2. The van der Waals surface area contributed by atoms with Crippen molar-refractivity contribution in [1.29, 1.82) is 0 Å². The average Bonchev–Trinajstić information content (AvgIpc) is 2.62. The second-order valence-corrected chi connectivity index (χ2v) is 6.09. The minimum absolute atomic E-state index is 0.128. The van der Waals surface area contributed by atoms with E-state index in [1.165, 1.54) is 5.56 Å². The zero-order valence-corrected chi connectivity index (χ0v) is 14.2. The van der Waals surface area contributed by atoms with Crippen molar-refractivity contribution < 1.29 is 4.79 Å². The molecule has 0 atom stereocenters. The van der Waals surface area contributed by atoms with E-state index in [4.69, 9.17) is 0 Å². The highest BCUT2D eigenvalue weighted by atomic mass is 16.2. The van der Waals surface area contributed by atoms with Crippen LogP contribution in [0.25, 0.3) is 0 Å². The number of carbonyl (C=O) groups is 1. The molecule has 1 aromatic heterocycles. The lowest BCUT2D eigenvalue weighted by molar-refractivity contribution is -0.129. The maximum atomic E-state index is 12.4. The second kappa shape index (κ2) is 7.29. The van der Waals surface area contributed by atoms with Crippen molar-refractivity contribution in [2.45, 2.75) is 13.8 Å². The van der Waals surface area contributed by atoms with Crippen LogP contribution in [0.3, 0.4) is 0 Å². The van der Waals surface area contributed by atoms with Gasteiger partial charge in [-0.15, -0.1) is 0 Å². The quantitative estimate of drug-likeness (QED) is 0.930. The Labute approximate surface area is 142 Å². The number of nitrogens with zero attached hydrogens (tertiary/aromatic N) is 4. The van der Waals surface area contributed by atoms with Crippen LogP contribution in [-0.2, 0) is 4.79 Å². The Morgan fingerprint density at radius 1 is 1.12 bits per heavy atom. The first kappa shape index (κ1) is 16.2. The number of hydrogen-bond donors (Lipinski definition) is 1. The van der Waals surface area contributed by atoms with Gasteiger partial charge in [0.2, 0.25) is 11.9 Å². The summed E-state index contributed by atoms with van der Waals surface area (Å²) in [5, 5.41) is 3.25. The van der Waals surface area contributed by atoms with Crippen LogP contribution < -0.4 is 10.2 Å². The number of nitrogens with one attached hydrogen (secondary N) is 1. The van der Waals surface area contributed by atoms with Gasteiger partial charge in [-0.1, -0.05) is 17.7 Å². The van der Waals surface area contributed by atoms with Crippen molar-refractivity contribution in [2.75, 3.05) is 42.9 Å². The zero-order valence-electron chi connectivity index (χ0n) is 14.2. The Morgan fingerprint density at radius 3 is 2.50 bits per heavy atom.